The highest BCUT2D eigenvalue weighted by Crippen LogP contribution is 2.19. The van der Waals surface area contributed by atoms with Crippen LogP contribution < -0.4 is 5.32 Å². The van der Waals surface area contributed by atoms with Gasteiger partial charge in [-0.2, -0.15) is 5.26 Å². The molecular weight excluding hydrogens is 280 g/mol. The minimum atomic E-state index is -0.109. The molecule has 0 aromatic carbocycles. The van der Waals surface area contributed by atoms with Gasteiger partial charge in [-0.25, -0.2) is 0 Å². The van der Waals surface area contributed by atoms with Crippen molar-refractivity contribution in [3.8, 4) is 6.07 Å². The van der Waals surface area contributed by atoms with Crippen molar-refractivity contribution in [3.05, 3.63) is 23.5 Å². The third-order valence-electron chi connectivity index (χ3n) is 4.20. The Bertz CT molecular complexity index is 579. The fourth-order valence-corrected chi connectivity index (χ4v) is 2.56. The Balaban J connectivity index is 1.88. The summed E-state index contributed by atoms with van der Waals surface area (Å²) in [6.45, 7) is 5.17. The number of rotatable bonds is 4. The van der Waals surface area contributed by atoms with Crippen molar-refractivity contribution in [2.45, 2.75) is 39.2 Å². The van der Waals surface area contributed by atoms with E-state index in [0.717, 1.165) is 6.42 Å². The quantitative estimate of drug-likeness (QED) is 0.886. The van der Waals surface area contributed by atoms with Gasteiger partial charge in [-0.3, -0.25) is 9.59 Å². The minimum Gasteiger partial charge on any atom is -0.356 e. The van der Waals surface area contributed by atoms with Crippen molar-refractivity contribution in [1.29, 1.82) is 5.26 Å². The van der Waals surface area contributed by atoms with Crippen LogP contribution in [0.5, 0.6) is 0 Å². The Kier molecular flexibility index (Phi) is 5.21. The normalized spacial score (nSPS) is 16.9. The van der Waals surface area contributed by atoms with Crippen LogP contribution in [0.15, 0.2) is 12.3 Å². The zero-order valence-corrected chi connectivity index (χ0v) is 13.1. The highest BCUT2D eigenvalue weighted by Gasteiger charge is 2.28. The number of amides is 2. The van der Waals surface area contributed by atoms with Gasteiger partial charge in [0, 0.05) is 31.2 Å². The largest absolute Gasteiger partial charge is 0.356 e. The van der Waals surface area contributed by atoms with E-state index in [1.165, 1.54) is 6.20 Å². The second kappa shape index (κ2) is 7.12. The Morgan fingerprint density at radius 1 is 1.50 bits per heavy atom. The van der Waals surface area contributed by atoms with Crippen LogP contribution >= 0.6 is 0 Å². The Labute approximate surface area is 130 Å². The minimum absolute atomic E-state index is 0.0173. The van der Waals surface area contributed by atoms with Gasteiger partial charge in [0.15, 0.2) is 0 Å². The molecule has 1 fully saturated rings. The molecule has 1 saturated heterocycles. The first-order valence-corrected chi connectivity index (χ1v) is 7.73. The predicted octanol–water partition coefficient (Wildman–Crippen LogP) is 1.65. The summed E-state index contributed by atoms with van der Waals surface area (Å²) < 4.78 is 0. The smallest absolute Gasteiger partial charge is 0.270 e. The number of piperidine rings is 1. The van der Waals surface area contributed by atoms with Crippen LogP contribution in [-0.4, -0.2) is 40.8 Å². The molecule has 6 nitrogen and oxygen atoms in total. The van der Waals surface area contributed by atoms with Crippen molar-refractivity contribution in [3.63, 3.8) is 0 Å². The second-order valence-electron chi connectivity index (χ2n) is 5.80. The first kappa shape index (κ1) is 16.1. The van der Waals surface area contributed by atoms with Gasteiger partial charge in [-0.05, 0) is 32.3 Å². The van der Waals surface area contributed by atoms with Crippen LogP contribution in [0.1, 0.15) is 49.2 Å². The summed E-state index contributed by atoms with van der Waals surface area (Å²) in [6.07, 6.45) is 3.80. The number of aromatic amines is 1. The van der Waals surface area contributed by atoms with E-state index in [-0.39, 0.29) is 23.8 Å². The first-order valence-electron chi connectivity index (χ1n) is 7.73. The van der Waals surface area contributed by atoms with Crippen LogP contribution in [0.3, 0.4) is 0 Å². The van der Waals surface area contributed by atoms with Crippen LogP contribution in [-0.2, 0) is 4.79 Å². The summed E-state index contributed by atoms with van der Waals surface area (Å²) in [6, 6.07) is 3.75. The molecule has 0 aliphatic carbocycles. The van der Waals surface area contributed by atoms with Crippen molar-refractivity contribution in [2.75, 3.05) is 13.1 Å². The van der Waals surface area contributed by atoms with Gasteiger partial charge in [0.2, 0.25) is 5.91 Å². The molecule has 1 atom stereocenters. The number of aromatic nitrogens is 1. The summed E-state index contributed by atoms with van der Waals surface area (Å²) in [5.74, 6) is -0.0354. The van der Waals surface area contributed by atoms with Gasteiger partial charge in [0.25, 0.3) is 5.91 Å². The van der Waals surface area contributed by atoms with E-state index >= 15 is 0 Å². The van der Waals surface area contributed by atoms with Crippen molar-refractivity contribution >= 4 is 11.8 Å². The third kappa shape index (κ3) is 3.67. The van der Waals surface area contributed by atoms with E-state index in [4.69, 9.17) is 5.26 Å². The SMILES string of the molecule is CC[C@H](C)NC(=O)C1CCN(C(=O)c2cc(C#N)c[nH]2)CC1. The molecule has 0 spiro atoms. The molecule has 6 heteroatoms. The van der Waals surface area contributed by atoms with E-state index in [9.17, 15) is 9.59 Å². The third-order valence-corrected chi connectivity index (χ3v) is 4.20. The van der Waals surface area contributed by atoms with E-state index in [1.54, 1.807) is 11.0 Å². The van der Waals surface area contributed by atoms with E-state index in [0.29, 0.717) is 37.2 Å². The molecule has 1 aromatic heterocycles. The van der Waals surface area contributed by atoms with Gasteiger partial charge >= 0.3 is 0 Å². The summed E-state index contributed by atoms with van der Waals surface area (Å²) in [7, 11) is 0. The van der Waals surface area contributed by atoms with E-state index in [2.05, 4.69) is 10.3 Å². The van der Waals surface area contributed by atoms with E-state index in [1.807, 2.05) is 19.9 Å². The maximum absolute atomic E-state index is 12.3. The Morgan fingerprint density at radius 3 is 2.73 bits per heavy atom. The zero-order valence-electron chi connectivity index (χ0n) is 13.1. The number of hydrogen-bond donors (Lipinski definition) is 2. The first-order chi connectivity index (χ1) is 10.5. The zero-order chi connectivity index (χ0) is 16.1. The maximum atomic E-state index is 12.3. The van der Waals surface area contributed by atoms with Crippen LogP contribution in [0, 0.1) is 17.2 Å². The summed E-state index contributed by atoms with van der Waals surface area (Å²) in [5, 5.41) is 11.8. The highest BCUT2D eigenvalue weighted by atomic mass is 16.2. The average molecular weight is 302 g/mol. The average Bonchev–Trinajstić information content (AvgIpc) is 3.03. The fraction of sp³-hybridized carbons (Fsp3) is 0.562. The number of hydrogen-bond acceptors (Lipinski definition) is 3. The molecule has 2 rings (SSSR count). The van der Waals surface area contributed by atoms with Crippen molar-refractivity contribution in [2.24, 2.45) is 5.92 Å². The molecule has 0 bridgehead atoms. The number of carbonyl (C=O) groups excluding carboxylic acids is 2. The van der Waals surface area contributed by atoms with Crippen LogP contribution in [0.4, 0.5) is 0 Å². The summed E-state index contributed by atoms with van der Waals surface area (Å²) >= 11 is 0. The number of H-pyrrole nitrogens is 1. The predicted molar refractivity (Wildman–Crippen MR) is 82.0 cm³/mol. The lowest BCUT2D eigenvalue weighted by molar-refractivity contribution is -0.126. The van der Waals surface area contributed by atoms with Gasteiger partial charge in [0.05, 0.1) is 5.56 Å². The summed E-state index contributed by atoms with van der Waals surface area (Å²) in [4.78, 5) is 29.0. The van der Waals surface area contributed by atoms with Crippen LogP contribution in [0.25, 0.3) is 0 Å². The number of likely N-dealkylation sites (tertiary alicyclic amines) is 1. The van der Waals surface area contributed by atoms with E-state index < -0.39 is 0 Å². The molecule has 2 amide bonds. The molecule has 2 N–H and O–H groups in total. The molecule has 0 unspecified atom stereocenters. The molecule has 1 aliphatic rings. The summed E-state index contributed by atoms with van der Waals surface area (Å²) in [5.41, 5.74) is 0.880. The lowest BCUT2D eigenvalue weighted by Gasteiger charge is -2.31. The number of nitriles is 1. The molecule has 118 valence electrons. The maximum Gasteiger partial charge on any atom is 0.270 e. The molecule has 1 aliphatic heterocycles. The second-order valence-corrected chi connectivity index (χ2v) is 5.80. The lowest BCUT2D eigenvalue weighted by atomic mass is 9.95. The Morgan fingerprint density at radius 2 is 2.18 bits per heavy atom. The van der Waals surface area contributed by atoms with Crippen molar-refractivity contribution < 1.29 is 9.59 Å². The van der Waals surface area contributed by atoms with Crippen molar-refractivity contribution in [1.82, 2.24) is 15.2 Å². The van der Waals surface area contributed by atoms with Gasteiger partial charge < -0.3 is 15.2 Å². The monoisotopic (exact) mass is 302 g/mol. The topological polar surface area (TPSA) is 89.0 Å². The van der Waals surface area contributed by atoms with Gasteiger partial charge in [-0.1, -0.05) is 6.92 Å². The fourth-order valence-electron chi connectivity index (χ4n) is 2.56. The molecular formula is C16H22N4O2. The van der Waals surface area contributed by atoms with Crippen LogP contribution in [0.2, 0.25) is 0 Å². The number of carbonyl (C=O) groups is 2. The molecule has 0 radical (unpaired) electrons. The highest BCUT2D eigenvalue weighted by molar-refractivity contribution is 5.93. The van der Waals surface area contributed by atoms with Gasteiger partial charge in [-0.15, -0.1) is 0 Å². The molecule has 1 aromatic rings. The molecule has 22 heavy (non-hydrogen) atoms. The van der Waals surface area contributed by atoms with Gasteiger partial charge in [0.1, 0.15) is 11.8 Å². The number of nitrogens with zero attached hydrogens (tertiary/aromatic N) is 2. The molecule has 2 heterocycles. The molecule has 0 saturated carbocycles. The Hall–Kier alpha value is -2.29. The standard InChI is InChI=1S/C16H22N4O2/c1-3-11(2)19-15(21)13-4-6-20(7-5-13)16(22)14-8-12(9-17)10-18-14/h8,10-11,13,18H,3-7H2,1-2H3,(H,19,21)/t11-/m0/s1. The number of nitrogens with one attached hydrogen (secondary N) is 2. The lowest BCUT2D eigenvalue weighted by Crippen LogP contribution is -2.44.